The van der Waals surface area contributed by atoms with Crippen LogP contribution in [0.25, 0.3) is 0 Å². The number of rotatable bonds is 2. The van der Waals surface area contributed by atoms with Crippen molar-refractivity contribution in [2.75, 3.05) is 0 Å². The van der Waals surface area contributed by atoms with E-state index in [0.29, 0.717) is 12.0 Å². The maximum atomic E-state index is 11.7. The van der Waals surface area contributed by atoms with E-state index in [1.807, 2.05) is 13.8 Å². The van der Waals surface area contributed by atoms with Gasteiger partial charge in [0.25, 0.3) is 0 Å². The van der Waals surface area contributed by atoms with E-state index in [-0.39, 0.29) is 17.5 Å². The van der Waals surface area contributed by atoms with Gasteiger partial charge in [-0.3, -0.25) is 9.59 Å². The van der Waals surface area contributed by atoms with E-state index in [1.54, 1.807) is 6.92 Å². The van der Waals surface area contributed by atoms with E-state index in [0.717, 1.165) is 18.4 Å². The molecule has 0 fully saturated rings. The van der Waals surface area contributed by atoms with Crippen LogP contribution in [0.3, 0.4) is 0 Å². The molecule has 0 saturated heterocycles. The lowest BCUT2D eigenvalue weighted by atomic mass is 9.82. The zero-order valence-electron chi connectivity index (χ0n) is 8.52. The van der Waals surface area contributed by atoms with E-state index >= 15 is 0 Å². The molecule has 0 saturated carbocycles. The van der Waals surface area contributed by atoms with Crippen molar-refractivity contribution in [2.24, 2.45) is 5.92 Å². The van der Waals surface area contributed by atoms with Gasteiger partial charge in [0.1, 0.15) is 0 Å². The summed E-state index contributed by atoms with van der Waals surface area (Å²) in [6.07, 6.45) is 2.23. The van der Waals surface area contributed by atoms with Crippen molar-refractivity contribution in [3.8, 4) is 0 Å². The molecule has 0 N–H and O–H groups in total. The molecule has 2 heteroatoms. The third-order valence-electron chi connectivity index (χ3n) is 2.67. The van der Waals surface area contributed by atoms with Crippen LogP contribution in [0.5, 0.6) is 0 Å². The van der Waals surface area contributed by atoms with Crippen LogP contribution in [0, 0.1) is 5.92 Å². The van der Waals surface area contributed by atoms with Crippen molar-refractivity contribution in [1.29, 1.82) is 0 Å². The van der Waals surface area contributed by atoms with Crippen LogP contribution < -0.4 is 0 Å². The number of ketones is 2. The second kappa shape index (κ2) is 3.86. The minimum Gasteiger partial charge on any atom is -0.294 e. The largest absolute Gasteiger partial charge is 0.294 e. The highest BCUT2D eigenvalue weighted by atomic mass is 16.1. The maximum Gasteiger partial charge on any atom is 0.169 e. The fourth-order valence-electron chi connectivity index (χ4n) is 1.70. The first-order chi connectivity index (χ1) is 6.07. The molecule has 0 aromatic rings. The van der Waals surface area contributed by atoms with Crippen molar-refractivity contribution in [2.45, 2.75) is 40.0 Å². The molecule has 2 nitrogen and oxygen atoms in total. The third-order valence-corrected chi connectivity index (χ3v) is 2.67. The Balaban J connectivity index is 3.01. The molecule has 0 spiro atoms. The Labute approximate surface area is 79.0 Å². The number of allylic oxidation sites excluding steroid dienone is 2. The van der Waals surface area contributed by atoms with Crippen LogP contribution in [0.1, 0.15) is 40.0 Å². The number of hydrogen-bond donors (Lipinski definition) is 0. The highest BCUT2D eigenvalue weighted by Gasteiger charge is 2.28. The van der Waals surface area contributed by atoms with E-state index in [4.69, 9.17) is 0 Å². The second-order valence-electron chi connectivity index (χ2n) is 3.74. The van der Waals surface area contributed by atoms with E-state index in [9.17, 15) is 9.59 Å². The van der Waals surface area contributed by atoms with Gasteiger partial charge in [-0.05, 0) is 19.8 Å². The zero-order valence-corrected chi connectivity index (χ0v) is 8.52. The lowest BCUT2D eigenvalue weighted by Gasteiger charge is -2.20. The van der Waals surface area contributed by atoms with Gasteiger partial charge < -0.3 is 0 Å². The summed E-state index contributed by atoms with van der Waals surface area (Å²) in [6, 6.07) is 0. The van der Waals surface area contributed by atoms with Gasteiger partial charge in [-0.1, -0.05) is 19.4 Å². The molecule has 13 heavy (non-hydrogen) atoms. The van der Waals surface area contributed by atoms with Gasteiger partial charge in [-0.15, -0.1) is 0 Å². The standard InChI is InChI=1S/C11H16O2/c1-4-9(12)10-7(2)5-6-8(3)11(10)13/h8H,4-6H2,1-3H3. The van der Waals surface area contributed by atoms with Crippen molar-refractivity contribution >= 4 is 11.6 Å². The molecule has 0 radical (unpaired) electrons. The Morgan fingerprint density at radius 2 is 2.15 bits per heavy atom. The minimum atomic E-state index is 0.00838. The van der Waals surface area contributed by atoms with Gasteiger partial charge in [0.2, 0.25) is 0 Å². The maximum absolute atomic E-state index is 11.7. The van der Waals surface area contributed by atoms with Crippen molar-refractivity contribution in [3.05, 3.63) is 11.1 Å². The van der Waals surface area contributed by atoms with Gasteiger partial charge in [0.15, 0.2) is 11.6 Å². The van der Waals surface area contributed by atoms with Crippen LogP contribution in [-0.2, 0) is 9.59 Å². The monoisotopic (exact) mass is 180 g/mol. The molecule has 0 amide bonds. The fourth-order valence-corrected chi connectivity index (χ4v) is 1.70. The van der Waals surface area contributed by atoms with E-state index in [2.05, 4.69) is 0 Å². The summed E-state index contributed by atoms with van der Waals surface area (Å²) >= 11 is 0. The first kappa shape index (κ1) is 10.2. The molecule has 1 unspecified atom stereocenters. The number of carbonyl (C=O) groups is 2. The van der Waals surface area contributed by atoms with Gasteiger partial charge in [-0.25, -0.2) is 0 Å². The first-order valence-electron chi connectivity index (χ1n) is 4.85. The lowest BCUT2D eigenvalue weighted by Crippen LogP contribution is -2.24. The quantitative estimate of drug-likeness (QED) is 0.611. The highest BCUT2D eigenvalue weighted by Crippen LogP contribution is 2.26. The Kier molecular flexibility index (Phi) is 3.02. The third kappa shape index (κ3) is 1.87. The average molecular weight is 180 g/mol. The molecule has 1 atom stereocenters. The molecule has 1 aliphatic rings. The zero-order chi connectivity index (χ0) is 10.0. The fraction of sp³-hybridized carbons (Fsp3) is 0.636. The van der Waals surface area contributed by atoms with Crippen LogP contribution in [0.15, 0.2) is 11.1 Å². The lowest BCUT2D eigenvalue weighted by molar-refractivity contribution is -0.124. The molecule has 0 heterocycles. The summed E-state index contributed by atoms with van der Waals surface area (Å²) in [5, 5.41) is 0. The summed E-state index contributed by atoms with van der Waals surface area (Å²) in [5.74, 6) is 0.0962. The van der Waals surface area contributed by atoms with Gasteiger partial charge in [0.05, 0.1) is 5.57 Å². The Hall–Kier alpha value is -0.920. The van der Waals surface area contributed by atoms with Gasteiger partial charge in [-0.2, -0.15) is 0 Å². The summed E-state index contributed by atoms with van der Waals surface area (Å²) < 4.78 is 0. The molecular formula is C11H16O2. The summed E-state index contributed by atoms with van der Waals surface area (Å²) in [5.41, 5.74) is 1.47. The number of hydrogen-bond acceptors (Lipinski definition) is 2. The van der Waals surface area contributed by atoms with Crippen LogP contribution in [0.2, 0.25) is 0 Å². The smallest absolute Gasteiger partial charge is 0.169 e. The van der Waals surface area contributed by atoms with Crippen molar-refractivity contribution in [3.63, 3.8) is 0 Å². The number of carbonyl (C=O) groups excluding carboxylic acids is 2. The minimum absolute atomic E-state index is 0.00838. The summed E-state index contributed by atoms with van der Waals surface area (Å²) in [4.78, 5) is 23.1. The molecule has 72 valence electrons. The molecule has 1 aliphatic carbocycles. The van der Waals surface area contributed by atoms with Crippen LogP contribution in [0.4, 0.5) is 0 Å². The topological polar surface area (TPSA) is 34.1 Å². The molecule has 1 rings (SSSR count). The van der Waals surface area contributed by atoms with Crippen LogP contribution >= 0.6 is 0 Å². The van der Waals surface area contributed by atoms with Gasteiger partial charge in [0, 0.05) is 12.3 Å². The Morgan fingerprint density at radius 1 is 1.54 bits per heavy atom. The highest BCUT2D eigenvalue weighted by molar-refractivity contribution is 6.21. The molecule has 0 aromatic heterocycles. The predicted molar refractivity (Wildman–Crippen MR) is 51.4 cm³/mol. The Bertz CT molecular complexity index is 274. The van der Waals surface area contributed by atoms with E-state index < -0.39 is 0 Å². The number of Topliss-reactive ketones (excluding diaryl/α,β-unsaturated/α-hetero) is 2. The second-order valence-corrected chi connectivity index (χ2v) is 3.74. The van der Waals surface area contributed by atoms with Crippen LogP contribution in [-0.4, -0.2) is 11.6 Å². The molecule has 0 aromatic carbocycles. The molecule has 0 bridgehead atoms. The normalized spacial score (nSPS) is 23.6. The van der Waals surface area contributed by atoms with E-state index in [1.165, 1.54) is 0 Å². The summed E-state index contributed by atoms with van der Waals surface area (Å²) in [6.45, 7) is 5.60. The van der Waals surface area contributed by atoms with Gasteiger partial charge >= 0.3 is 0 Å². The average Bonchev–Trinajstić information content (AvgIpc) is 2.12. The SMILES string of the molecule is CCC(=O)C1=C(C)CCC(C)C1=O. The molecular weight excluding hydrogens is 164 g/mol. The summed E-state index contributed by atoms with van der Waals surface area (Å²) in [7, 11) is 0. The first-order valence-corrected chi connectivity index (χ1v) is 4.85. The molecule has 0 aliphatic heterocycles. The Morgan fingerprint density at radius 3 is 2.69 bits per heavy atom. The predicted octanol–water partition coefficient (Wildman–Crippen LogP) is 2.28. The van der Waals surface area contributed by atoms with Crippen molar-refractivity contribution in [1.82, 2.24) is 0 Å². The van der Waals surface area contributed by atoms with Crippen molar-refractivity contribution < 1.29 is 9.59 Å².